The molecule has 0 aliphatic rings. The quantitative estimate of drug-likeness (QED) is 0.0362. The number of unbranched alkanes of at least 4 members (excludes halogenated alkanes) is 34. The van der Waals surface area contributed by atoms with Crippen LogP contribution in [0, 0.1) is 0 Å². The van der Waals surface area contributed by atoms with Crippen LogP contribution in [0.25, 0.3) is 0 Å². The van der Waals surface area contributed by atoms with Crippen molar-refractivity contribution in [2.75, 3.05) is 6.61 Å². The number of rotatable bonds is 49. The van der Waals surface area contributed by atoms with Crippen LogP contribution in [0.15, 0.2) is 48.6 Å². The molecule has 358 valence electrons. The number of aliphatic hydroxyl groups excluding tert-OH is 3. The highest BCUT2D eigenvalue weighted by atomic mass is 16.3. The van der Waals surface area contributed by atoms with Gasteiger partial charge >= 0.3 is 0 Å². The lowest BCUT2D eigenvalue weighted by molar-refractivity contribution is -0.124. The zero-order valence-electron chi connectivity index (χ0n) is 40.8. The standard InChI is InChI=1S/C56H105NO4/c1-3-5-7-9-11-13-15-17-19-21-23-25-26-27-28-29-30-31-33-35-37-39-41-43-45-47-49-53(59)51-56(61)57-54(52-58)55(60)50-48-46-44-42-40-38-36-34-32-24-22-20-18-16-14-12-10-8-6-4-2/h27-28,32,34,40,42,48,50,53-55,58-60H,3-26,29-31,33,35-39,41,43-47,49,51-52H2,1-2H3,(H,57,61)/b28-27-,34-32+,42-40+,50-48+. The summed E-state index contributed by atoms with van der Waals surface area (Å²) in [6.07, 6.45) is 67.2. The molecule has 0 fully saturated rings. The van der Waals surface area contributed by atoms with E-state index in [1.54, 1.807) is 6.08 Å². The average Bonchev–Trinajstić information content (AvgIpc) is 3.25. The van der Waals surface area contributed by atoms with E-state index >= 15 is 0 Å². The van der Waals surface area contributed by atoms with Gasteiger partial charge < -0.3 is 20.6 Å². The third-order valence-corrected chi connectivity index (χ3v) is 12.3. The zero-order valence-corrected chi connectivity index (χ0v) is 40.8. The van der Waals surface area contributed by atoms with Gasteiger partial charge in [0.25, 0.3) is 0 Å². The highest BCUT2D eigenvalue weighted by Gasteiger charge is 2.20. The van der Waals surface area contributed by atoms with E-state index < -0.39 is 18.2 Å². The van der Waals surface area contributed by atoms with Crippen molar-refractivity contribution in [2.24, 2.45) is 0 Å². The number of amides is 1. The van der Waals surface area contributed by atoms with E-state index in [-0.39, 0.29) is 18.9 Å². The van der Waals surface area contributed by atoms with Gasteiger partial charge in [0, 0.05) is 0 Å². The Bertz CT molecular complexity index is 989. The first-order valence-electron chi connectivity index (χ1n) is 26.9. The molecule has 0 aliphatic heterocycles. The van der Waals surface area contributed by atoms with Crippen molar-refractivity contribution in [1.82, 2.24) is 5.32 Å². The van der Waals surface area contributed by atoms with Crippen molar-refractivity contribution in [3.05, 3.63) is 48.6 Å². The monoisotopic (exact) mass is 856 g/mol. The molecular weight excluding hydrogens is 751 g/mol. The summed E-state index contributed by atoms with van der Waals surface area (Å²) < 4.78 is 0. The van der Waals surface area contributed by atoms with Crippen molar-refractivity contribution in [1.29, 1.82) is 0 Å². The molecule has 3 unspecified atom stereocenters. The van der Waals surface area contributed by atoms with Gasteiger partial charge in [0.1, 0.15) is 0 Å². The predicted molar refractivity (Wildman–Crippen MR) is 268 cm³/mol. The van der Waals surface area contributed by atoms with Crippen LogP contribution in [0.5, 0.6) is 0 Å². The van der Waals surface area contributed by atoms with Crippen LogP contribution in [-0.2, 0) is 4.79 Å². The first-order chi connectivity index (χ1) is 30.0. The van der Waals surface area contributed by atoms with Gasteiger partial charge in [-0.05, 0) is 70.6 Å². The molecule has 0 saturated heterocycles. The largest absolute Gasteiger partial charge is 0.394 e. The normalized spacial score (nSPS) is 13.7. The lowest BCUT2D eigenvalue weighted by Gasteiger charge is -2.21. The van der Waals surface area contributed by atoms with E-state index in [1.165, 1.54) is 212 Å². The molecule has 4 N–H and O–H groups in total. The van der Waals surface area contributed by atoms with Gasteiger partial charge in [0.15, 0.2) is 0 Å². The van der Waals surface area contributed by atoms with Gasteiger partial charge in [-0.1, -0.05) is 249 Å². The predicted octanol–water partition coefficient (Wildman–Crippen LogP) is 16.4. The average molecular weight is 856 g/mol. The summed E-state index contributed by atoms with van der Waals surface area (Å²) in [6.45, 7) is 4.22. The number of hydrogen-bond donors (Lipinski definition) is 4. The summed E-state index contributed by atoms with van der Waals surface area (Å²) in [5.74, 6) is -0.328. The fraction of sp³-hybridized carbons (Fsp3) is 0.839. The summed E-state index contributed by atoms with van der Waals surface area (Å²) in [6, 6.07) is -0.769. The van der Waals surface area contributed by atoms with Gasteiger partial charge in [-0.15, -0.1) is 0 Å². The molecule has 0 aromatic carbocycles. The van der Waals surface area contributed by atoms with Gasteiger partial charge in [0.05, 0.1) is 31.3 Å². The summed E-state index contributed by atoms with van der Waals surface area (Å²) in [4.78, 5) is 12.5. The topological polar surface area (TPSA) is 89.8 Å². The fourth-order valence-corrected chi connectivity index (χ4v) is 8.19. The molecule has 0 radical (unpaired) electrons. The third kappa shape index (κ3) is 47.6. The SMILES string of the molecule is CCCCCCCCCCCC/C=C/CC/C=C/CC/C=C/C(O)C(CO)NC(=O)CC(O)CCCCCCCCCCCC/C=C\CCCCCCCCCCCCCC. The fourth-order valence-electron chi connectivity index (χ4n) is 8.19. The molecule has 0 bridgehead atoms. The van der Waals surface area contributed by atoms with E-state index in [2.05, 4.69) is 55.6 Å². The lowest BCUT2D eigenvalue weighted by atomic mass is 10.0. The van der Waals surface area contributed by atoms with Crippen LogP contribution in [0.1, 0.15) is 277 Å². The summed E-state index contributed by atoms with van der Waals surface area (Å²) in [7, 11) is 0. The first kappa shape index (κ1) is 59.3. The van der Waals surface area contributed by atoms with Crippen molar-refractivity contribution in [3.8, 4) is 0 Å². The Morgan fingerprint density at radius 2 is 0.705 bits per heavy atom. The first-order valence-corrected chi connectivity index (χ1v) is 26.9. The van der Waals surface area contributed by atoms with E-state index in [0.29, 0.717) is 6.42 Å². The van der Waals surface area contributed by atoms with Crippen LogP contribution in [0.2, 0.25) is 0 Å². The van der Waals surface area contributed by atoms with E-state index in [4.69, 9.17) is 0 Å². The molecule has 0 rings (SSSR count). The summed E-state index contributed by atoms with van der Waals surface area (Å²) >= 11 is 0. The maximum Gasteiger partial charge on any atom is 0.222 e. The number of allylic oxidation sites excluding steroid dienone is 7. The molecule has 3 atom stereocenters. The number of carbonyl (C=O) groups is 1. The number of nitrogens with one attached hydrogen (secondary N) is 1. The second-order valence-corrected chi connectivity index (χ2v) is 18.5. The maximum atomic E-state index is 12.5. The Labute approximate surface area is 380 Å². The van der Waals surface area contributed by atoms with Crippen molar-refractivity contribution in [3.63, 3.8) is 0 Å². The zero-order chi connectivity index (χ0) is 44.4. The molecule has 5 nitrogen and oxygen atoms in total. The minimum atomic E-state index is -0.962. The minimum absolute atomic E-state index is 0.00145. The van der Waals surface area contributed by atoms with Crippen LogP contribution >= 0.6 is 0 Å². The van der Waals surface area contributed by atoms with E-state index in [0.717, 1.165) is 38.5 Å². The van der Waals surface area contributed by atoms with Gasteiger partial charge in [-0.3, -0.25) is 4.79 Å². The van der Waals surface area contributed by atoms with Crippen LogP contribution in [0.3, 0.4) is 0 Å². The number of aliphatic hydroxyl groups is 3. The molecule has 61 heavy (non-hydrogen) atoms. The molecule has 0 heterocycles. The number of hydrogen-bond acceptors (Lipinski definition) is 4. The summed E-state index contributed by atoms with van der Waals surface area (Å²) in [5.41, 5.74) is 0. The maximum absolute atomic E-state index is 12.5. The Hall–Kier alpha value is -1.69. The molecule has 0 spiro atoms. The van der Waals surface area contributed by atoms with Crippen LogP contribution in [-0.4, -0.2) is 46.1 Å². The summed E-state index contributed by atoms with van der Waals surface area (Å²) in [5, 5.41) is 33.4. The lowest BCUT2D eigenvalue weighted by Crippen LogP contribution is -2.45. The van der Waals surface area contributed by atoms with Crippen molar-refractivity contribution >= 4 is 5.91 Å². The Morgan fingerprint density at radius 1 is 0.410 bits per heavy atom. The molecule has 0 saturated carbocycles. The highest BCUT2D eigenvalue weighted by Crippen LogP contribution is 2.16. The smallest absolute Gasteiger partial charge is 0.222 e. The van der Waals surface area contributed by atoms with Crippen molar-refractivity contribution < 1.29 is 20.1 Å². The minimum Gasteiger partial charge on any atom is -0.394 e. The molecule has 1 amide bonds. The second kappa shape index (κ2) is 50.9. The van der Waals surface area contributed by atoms with Crippen LogP contribution < -0.4 is 5.32 Å². The van der Waals surface area contributed by atoms with E-state index in [9.17, 15) is 20.1 Å². The Morgan fingerprint density at radius 3 is 1.05 bits per heavy atom. The second-order valence-electron chi connectivity index (χ2n) is 18.5. The highest BCUT2D eigenvalue weighted by molar-refractivity contribution is 5.76. The van der Waals surface area contributed by atoms with Gasteiger partial charge in [-0.2, -0.15) is 0 Å². The Kier molecular flexibility index (Phi) is 49.5. The van der Waals surface area contributed by atoms with Gasteiger partial charge in [0.2, 0.25) is 5.91 Å². The van der Waals surface area contributed by atoms with E-state index in [1.807, 2.05) is 6.08 Å². The van der Waals surface area contributed by atoms with Crippen LogP contribution in [0.4, 0.5) is 0 Å². The third-order valence-electron chi connectivity index (χ3n) is 12.3. The molecule has 0 aromatic rings. The molecular formula is C56H105NO4. The molecule has 0 aliphatic carbocycles. The van der Waals surface area contributed by atoms with Gasteiger partial charge in [-0.25, -0.2) is 0 Å². The molecule has 0 aromatic heterocycles. The molecule has 5 heteroatoms. The van der Waals surface area contributed by atoms with Crippen molar-refractivity contribution in [2.45, 2.75) is 295 Å². The Balaban J connectivity index is 3.64. The number of carbonyl (C=O) groups excluding carboxylic acids is 1.